The fraction of sp³-hybridized carbons (Fsp3) is 0.571. The average molecular weight is 232 g/mol. The van der Waals surface area contributed by atoms with Crippen LogP contribution < -0.4 is 0 Å². The van der Waals surface area contributed by atoms with Crippen LogP contribution in [0.15, 0.2) is 12.7 Å². The Morgan fingerprint density at radius 2 is 1.60 bits per heavy atom. The van der Waals surface area contributed by atoms with Crippen molar-refractivity contribution in [3.8, 4) is 0 Å². The van der Waals surface area contributed by atoms with Crippen molar-refractivity contribution in [2.45, 2.75) is 24.1 Å². The number of carboxylic acid groups (broad SMARTS) is 1. The van der Waals surface area contributed by atoms with E-state index in [1.165, 1.54) is 0 Å². The molecule has 0 aromatic heterocycles. The molecule has 8 heteroatoms. The van der Waals surface area contributed by atoms with Gasteiger partial charge < -0.3 is 15.3 Å². The summed E-state index contributed by atoms with van der Waals surface area (Å²) in [6, 6.07) is 0. The van der Waals surface area contributed by atoms with Crippen LogP contribution in [0, 0.1) is 0 Å². The topological polar surface area (TPSA) is 77.8 Å². The van der Waals surface area contributed by atoms with E-state index in [1.807, 2.05) is 0 Å². The molecule has 0 radical (unpaired) electrons. The fourth-order valence-electron chi connectivity index (χ4n) is 0.718. The number of alkyl halides is 4. The smallest absolute Gasteiger partial charge is 0.362 e. The van der Waals surface area contributed by atoms with Gasteiger partial charge in [0.1, 0.15) is 0 Å². The molecule has 3 N–H and O–H groups in total. The Kier molecular flexibility index (Phi) is 3.49. The molecule has 0 aromatic rings. The number of rotatable bonds is 1. The van der Waals surface area contributed by atoms with Crippen molar-refractivity contribution >= 4 is 5.97 Å². The summed E-state index contributed by atoms with van der Waals surface area (Å²) in [7, 11) is 0. The Morgan fingerprint density at radius 3 is 1.60 bits per heavy atom. The summed E-state index contributed by atoms with van der Waals surface area (Å²) >= 11 is 0. The first-order valence-corrected chi connectivity index (χ1v) is 3.53. The van der Waals surface area contributed by atoms with Crippen molar-refractivity contribution in [1.29, 1.82) is 0 Å². The van der Waals surface area contributed by atoms with Gasteiger partial charge in [-0.1, -0.05) is 6.58 Å². The molecule has 0 spiro atoms. The van der Waals surface area contributed by atoms with Crippen LogP contribution in [0.1, 0.15) is 6.42 Å². The quantitative estimate of drug-likeness (QED) is 0.351. The van der Waals surface area contributed by atoms with Crippen LogP contribution in [0.2, 0.25) is 0 Å². The standard InChI is InChI=1S/C4H4F4O2.C3H4O2/c5-2(6)1-3(9,10)4(2,7)8;1-2-3(4)5/h9-10H,1H2;2H,1H2,(H,4,5). The third-order valence-corrected chi connectivity index (χ3v) is 1.61. The molecule has 1 saturated carbocycles. The molecule has 1 fully saturated rings. The normalized spacial score (nSPS) is 24.1. The lowest BCUT2D eigenvalue weighted by molar-refractivity contribution is -0.445. The second-order valence-electron chi connectivity index (χ2n) is 2.81. The van der Waals surface area contributed by atoms with E-state index in [-0.39, 0.29) is 0 Å². The zero-order valence-electron chi connectivity index (χ0n) is 7.25. The Balaban J connectivity index is 0.000000336. The average Bonchev–Trinajstić information content (AvgIpc) is 2.02. The van der Waals surface area contributed by atoms with Gasteiger partial charge in [-0.15, -0.1) is 0 Å². The lowest BCUT2D eigenvalue weighted by Crippen LogP contribution is -2.71. The molecule has 0 heterocycles. The Bertz CT molecular complexity index is 258. The molecule has 88 valence electrons. The maximum absolute atomic E-state index is 11.8. The summed E-state index contributed by atoms with van der Waals surface area (Å²) in [6.45, 7) is 2.96. The first-order chi connectivity index (χ1) is 6.48. The summed E-state index contributed by atoms with van der Waals surface area (Å²) in [6.07, 6.45) is -0.771. The summed E-state index contributed by atoms with van der Waals surface area (Å²) in [5.41, 5.74) is 0. The first kappa shape index (κ1) is 13.8. The monoisotopic (exact) mass is 232 g/mol. The van der Waals surface area contributed by atoms with Crippen LogP contribution in [-0.4, -0.2) is 38.9 Å². The van der Waals surface area contributed by atoms with Gasteiger partial charge >= 0.3 is 17.8 Å². The van der Waals surface area contributed by atoms with E-state index >= 15 is 0 Å². The van der Waals surface area contributed by atoms with Gasteiger partial charge in [0, 0.05) is 6.08 Å². The van der Waals surface area contributed by atoms with Gasteiger partial charge in [0.25, 0.3) is 0 Å². The lowest BCUT2D eigenvalue weighted by atomic mass is 9.82. The molecule has 0 aliphatic heterocycles. The van der Waals surface area contributed by atoms with E-state index in [2.05, 4.69) is 6.58 Å². The molecular formula is C7H8F4O4. The third-order valence-electron chi connectivity index (χ3n) is 1.61. The highest BCUT2D eigenvalue weighted by molar-refractivity contribution is 5.78. The fourth-order valence-corrected chi connectivity index (χ4v) is 0.718. The molecule has 4 nitrogen and oxygen atoms in total. The van der Waals surface area contributed by atoms with Crippen molar-refractivity contribution in [1.82, 2.24) is 0 Å². The van der Waals surface area contributed by atoms with Crippen molar-refractivity contribution < 1.29 is 37.7 Å². The van der Waals surface area contributed by atoms with Gasteiger partial charge in [-0.2, -0.15) is 17.6 Å². The van der Waals surface area contributed by atoms with E-state index in [0.717, 1.165) is 6.08 Å². The van der Waals surface area contributed by atoms with Gasteiger partial charge in [0.2, 0.25) is 5.79 Å². The van der Waals surface area contributed by atoms with E-state index < -0.39 is 30.0 Å². The Labute approximate surface area is 81.4 Å². The van der Waals surface area contributed by atoms with Crippen LogP contribution in [0.4, 0.5) is 17.6 Å². The molecule has 0 bridgehead atoms. The predicted octanol–water partition coefficient (Wildman–Crippen LogP) is 0.599. The zero-order chi connectivity index (χ0) is 12.5. The van der Waals surface area contributed by atoms with E-state index in [9.17, 15) is 22.4 Å². The molecule has 0 atom stereocenters. The van der Waals surface area contributed by atoms with Crippen LogP contribution in [0.5, 0.6) is 0 Å². The summed E-state index contributed by atoms with van der Waals surface area (Å²) in [5.74, 6) is -13.5. The minimum atomic E-state index is -4.71. The maximum Gasteiger partial charge on any atom is 0.362 e. The number of carboxylic acids is 1. The summed E-state index contributed by atoms with van der Waals surface area (Å²) < 4.78 is 47.2. The zero-order valence-corrected chi connectivity index (χ0v) is 7.25. The maximum atomic E-state index is 11.8. The number of hydrogen-bond acceptors (Lipinski definition) is 3. The van der Waals surface area contributed by atoms with Crippen molar-refractivity contribution in [3.05, 3.63) is 12.7 Å². The third kappa shape index (κ3) is 2.45. The first-order valence-electron chi connectivity index (χ1n) is 3.53. The highest BCUT2D eigenvalue weighted by Gasteiger charge is 2.80. The number of halogens is 4. The van der Waals surface area contributed by atoms with E-state index in [0.29, 0.717) is 0 Å². The van der Waals surface area contributed by atoms with Gasteiger partial charge in [0.15, 0.2) is 0 Å². The van der Waals surface area contributed by atoms with Gasteiger partial charge in [-0.3, -0.25) is 0 Å². The second-order valence-corrected chi connectivity index (χ2v) is 2.81. The minimum Gasteiger partial charge on any atom is -0.478 e. The lowest BCUT2D eigenvalue weighted by Gasteiger charge is -2.46. The summed E-state index contributed by atoms with van der Waals surface area (Å²) in [5, 5.41) is 23.8. The molecule has 1 rings (SSSR count). The van der Waals surface area contributed by atoms with Crippen LogP contribution in [0.3, 0.4) is 0 Å². The molecule has 15 heavy (non-hydrogen) atoms. The molecule has 0 saturated heterocycles. The van der Waals surface area contributed by atoms with Crippen LogP contribution in [-0.2, 0) is 4.79 Å². The molecule has 1 aliphatic rings. The number of aliphatic carboxylic acids is 1. The highest BCUT2D eigenvalue weighted by Crippen LogP contribution is 2.56. The molecule has 1 aliphatic carbocycles. The predicted molar refractivity (Wildman–Crippen MR) is 39.5 cm³/mol. The summed E-state index contributed by atoms with van der Waals surface area (Å²) in [4.78, 5) is 9.25. The van der Waals surface area contributed by atoms with Crippen LogP contribution >= 0.6 is 0 Å². The number of carbonyl (C=O) groups is 1. The van der Waals surface area contributed by atoms with Gasteiger partial charge in [-0.05, 0) is 0 Å². The van der Waals surface area contributed by atoms with Crippen molar-refractivity contribution in [2.75, 3.05) is 0 Å². The molecule has 0 aromatic carbocycles. The van der Waals surface area contributed by atoms with E-state index in [4.69, 9.17) is 15.3 Å². The number of hydrogen-bond donors (Lipinski definition) is 3. The SMILES string of the molecule is C=CC(=O)O.OC1(O)CC(F)(F)C1(F)F. The highest BCUT2D eigenvalue weighted by atomic mass is 19.3. The van der Waals surface area contributed by atoms with Crippen LogP contribution in [0.25, 0.3) is 0 Å². The van der Waals surface area contributed by atoms with Crippen molar-refractivity contribution in [3.63, 3.8) is 0 Å². The molecule has 0 unspecified atom stereocenters. The molecule has 0 amide bonds. The minimum absolute atomic E-state index is 0.833. The largest absolute Gasteiger partial charge is 0.478 e. The van der Waals surface area contributed by atoms with E-state index in [1.54, 1.807) is 0 Å². The second kappa shape index (κ2) is 3.78. The van der Waals surface area contributed by atoms with Gasteiger partial charge in [0.05, 0.1) is 6.42 Å². The molecular weight excluding hydrogens is 224 g/mol. The van der Waals surface area contributed by atoms with Crippen molar-refractivity contribution in [2.24, 2.45) is 0 Å². The van der Waals surface area contributed by atoms with Gasteiger partial charge in [-0.25, -0.2) is 4.79 Å². The Hall–Kier alpha value is -1.15. The Morgan fingerprint density at radius 1 is 1.27 bits per heavy atom. The number of aliphatic hydroxyl groups is 2.